The van der Waals surface area contributed by atoms with Crippen molar-refractivity contribution in [1.82, 2.24) is 14.7 Å². The molecule has 10 heteroatoms. The molecule has 0 spiro atoms. The molecule has 0 aliphatic carbocycles. The quantitative estimate of drug-likeness (QED) is 0.439. The fourth-order valence-corrected chi connectivity index (χ4v) is 4.97. The largest absolute Gasteiger partial charge is 0.493 e. The van der Waals surface area contributed by atoms with E-state index < -0.39 is 23.8 Å². The Labute approximate surface area is 198 Å². The predicted molar refractivity (Wildman–Crippen MR) is 121 cm³/mol. The third kappa shape index (κ3) is 3.76. The summed E-state index contributed by atoms with van der Waals surface area (Å²) in [5.41, 5.74) is 0.674. The molecule has 2 saturated heterocycles. The lowest BCUT2D eigenvalue weighted by Crippen LogP contribution is -2.67. The number of hydrogen-bond donors (Lipinski definition) is 0. The van der Waals surface area contributed by atoms with Gasteiger partial charge in [-0.3, -0.25) is 19.2 Å². The van der Waals surface area contributed by atoms with Gasteiger partial charge < -0.3 is 28.9 Å². The number of amides is 3. The highest BCUT2D eigenvalue weighted by Gasteiger charge is 2.51. The molecule has 3 aliphatic rings. The first kappa shape index (κ1) is 23.6. The Bertz CT molecular complexity index is 1040. The van der Waals surface area contributed by atoms with Gasteiger partial charge in [-0.2, -0.15) is 0 Å². The summed E-state index contributed by atoms with van der Waals surface area (Å²) in [6.45, 7) is 2.45. The second kappa shape index (κ2) is 9.36. The van der Waals surface area contributed by atoms with Gasteiger partial charge in [0.1, 0.15) is 12.6 Å². The zero-order valence-corrected chi connectivity index (χ0v) is 19.8. The number of nitrogens with zero attached hydrogens (tertiary/aromatic N) is 3. The maximum absolute atomic E-state index is 13.5. The molecule has 34 heavy (non-hydrogen) atoms. The van der Waals surface area contributed by atoms with Gasteiger partial charge >= 0.3 is 0 Å². The molecule has 3 aliphatic heterocycles. The number of rotatable bonds is 7. The number of carbonyl (C=O) groups is 4. The summed E-state index contributed by atoms with van der Waals surface area (Å²) >= 11 is 0. The third-order valence-corrected chi connectivity index (χ3v) is 6.55. The number of piperidine rings is 1. The normalized spacial score (nSPS) is 21.6. The van der Waals surface area contributed by atoms with E-state index in [0.29, 0.717) is 30.8 Å². The number of carbonyl (C=O) groups excluding carboxylic acids is 4. The van der Waals surface area contributed by atoms with Crippen LogP contribution in [0.5, 0.6) is 17.2 Å². The van der Waals surface area contributed by atoms with E-state index in [0.717, 1.165) is 12.8 Å². The molecule has 0 N–H and O–H groups in total. The second-order valence-corrected chi connectivity index (χ2v) is 8.48. The Kier molecular flexibility index (Phi) is 6.49. The zero-order chi connectivity index (χ0) is 24.6. The van der Waals surface area contributed by atoms with Crippen LogP contribution in [0.25, 0.3) is 0 Å². The summed E-state index contributed by atoms with van der Waals surface area (Å²) in [6, 6.07) is 1.62. The van der Waals surface area contributed by atoms with Crippen molar-refractivity contribution in [3.05, 3.63) is 29.6 Å². The minimum absolute atomic E-state index is 0.0411. The molecule has 0 saturated carbocycles. The number of piperazine rings is 1. The van der Waals surface area contributed by atoms with Gasteiger partial charge in [-0.1, -0.05) is 6.92 Å². The molecule has 2 bridgehead atoms. The predicted octanol–water partition coefficient (Wildman–Crippen LogP) is 1.58. The molecule has 0 radical (unpaired) electrons. The van der Waals surface area contributed by atoms with E-state index in [2.05, 4.69) is 0 Å². The van der Waals surface area contributed by atoms with Crippen LogP contribution < -0.4 is 14.2 Å². The van der Waals surface area contributed by atoms with Crippen molar-refractivity contribution in [2.24, 2.45) is 0 Å². The number of benzene rings is 1. The molecule has 4 rings (SSSR count). The minimum Gasteiger partial charge on any atom is -0.493 e. The number of Topliss-reactive ketones (excluding diaryl/α,β-unsaturated/α-hetero) is 1. The van der Waals surface area contributed by atoms with Crippen LogP contribution in [0.1, 0.15) is 43.0 Å². The van der Waals surface area contributed by atoms with Crippen LogP contribution in [0.2, 0.25) is 0 Å². The van der Waals surface area contributed by atoms with E-state index in [1.54, 1.807) is 11.1 Å². The van der Waals surface area contributed by atoms with Gasteiger partial charge in [-0.15, -0.1) is 0 Å². The van der Waals surface area contributed by atoms with E-state index in [4.69, 9.17) is 14.2 Å². The summed E-state index contributed by atoms with van der Waals surface area (Å²) in [6.07, 6.45) is 4.23. The lowest BCUT2D eigenvalue weighted by molar-refractivity contribution is -0.156. The number of fused-ring (bicyclic) bond motifs is 4. The topological polar surface area (TPSA) is 106 Å². The number of hydrogen-bond acceptors (Lipinski definition) is 7. The zero-order valence-electron chi connectivity index (χ0n) is 19.8. The SMILES string of the molecule is CCCN1C=C2C3CCCC(C(=O)N2CC1=O)N3C(=O)C(=O)c1cc(OC)c(OC)c(OC)c1. The van der Waals surface area contributed by atoms with Gasteiger partial charge in [0.25, 0.3) is 11.7 Å². The van der Waals surface area contributed by atoms with Crippen LogP contribution >= 0.6 is 0 Å². The van der Waals surface area contributed by atoms with Crippen molar-refractivity contribution in [2.45, 2.75) is 44.7 Å². The molecular weight excluding hydrogens is 442 g/mol. The first-order valence-corrected chi connectivity index (χ1v) is 11.4. The van der Waals surface area contributed by atoms with Gasteiger partial charge in [0, 0.05) is 18.3 Å². The van der Waals surface area contributed by atoms with Crippen LogP contribution in [0.3, 0.4) is 0 Å². The van der Waals surface area contributed by atoms with E-state index in [-0.39, 0.29) is 35.4 Å². The summed E-state index contributed by atoms with van der Waals surface area (Å²) in [5, 5.41) is 0. The third-order valence-electron chi connectivity index (χ3n) is 6.55. The Morgan fingerprint density at radius 3 is 2.24 bits per heavy atom. The molecule has 1 aromatic rings. The summed E-state index contributed by atoms with van der Waals surface area (Å²) in [4.78, 5) is 57.2. The Balaban J connectivity index is 1.71. The van der Waals surface area contributed by atoms with Crippen LogP contribution in [-0.4, -0.2) is 84.7 Å². The second-order valence-electron chi connectivity index (χ2n) is 8.48. The van der Waals surface area contributed by atoms with E-state index in [9.17, 15) is 19.2 Å². The lowest BCUT2D eigenvalue weighted by atomic mass is 9.87. The first-order chi connectivity index (χ1) is 16.4. The standard InChI is InChI=1S/C24H29N3O7/c1-5-9-25-12-17-15-7-6-8-16(23(30)26(17)13-20(25)28)27(15)24(31)21(29)14-10-18(32-2)22(34-4)19(11-14)33-3/h10-12,15-16H,5-9,13H2,1-4H3. The molecule has 182 valence electrons. The molecular formula is C24H29N3O7. The molecule has 3 amide bonds. The fraction of sp³-hybridized carbons (Fsp3) is 0.500. The summed E-state index contributed by atoms with van der Waals surface area (Å²) < 4.78 is 15.9. The van der Waals surface area contributed by atoms with Crippen molar-refractivity contribution < 1.29 is 33.4 Å². The van der Waals surface area contributed by atoms with Gasteiger partial charge in [0.15, 0.2) is 11.5 Å². The van der Waals surface area contributed by atoms with Crippen LogP contribution in [0, 0.1) is 0 Å². The number of methoxy groups -OCH3 is 3. The highest BCUT2D eigenvalue weighted by Crippen LogP contribution is 2.40. The maximum Gasteiger partial charge on any atom is 0.296 e. The van der Waals surface area contributed by atoms with Crippen molar-refractivity contribution >= 4 is 23.5 Å². The van der Waals surface area contributed by atoms with Gasteiger partial charge in [0.05, 0.1) is 33.1 Å². The molecule has 10 nitrogen and oxygen atoms in total. The summed E-state index contributed by atoms with van der Waals surface area (Å²) in [7, 11) is 4.30. The molecule has 2 fully saturated rings. The summed E-state index contributed by atoms with van der Waals surface area (Å²) in [5.74, 6) is -1.19. The fourth-order valence-electron chi connectivity index (χ4n) is 4.97. The molecule has 0 aromatic heterocycles. The van der Waals surface area contributed by atoms with E-state index in [1.807, 2.05) is 6.92 Å². The molecule has 1 aromatic carbocycles. The smallest absolute Gasteiger partial charge is 0.296 e. The average molecular weight is 472 g/mol. The number of ether oxygens (including phenoxy) is 3. The highest BCUT2D eigenvalue weighted by molar-refractivity contribution is 6.43. The number of ketones is 1. The van der Waals surface area contributed by atoms with Crippen LogP contribution in [0.15, 0.2) is 24.0 Å². The van der Waals surface area contributed by atoms with Gasteiger partial charge in [0.2, 0.25) is 17.6 Å². The van der Waals surface area contributed by atoms with Crippen LogP contribution in [-0.2, 0) is 14.4 Å². The van der Waals surface area contributed by atoms with Crippen molar-refractivity contribution in [2.75, 3.05) is 34.4 Å². The Morgan fingerprint density at radius 1 is 1.00 bits per heavy atom. The first-order valence-electron chi connectivity index (χ1n) is 11.4. The monoisotopic (exact) mass is 471 g/mol. The van der Waals surface area contributed by atoms with Crippen molar-refractivity contribution in [3.8, 4) is 17.2 Å². The van der Waals surface area contributed by atoms with Crippen molar-refractivity contribution in [3.63, 3.8) is 0 Å². The molecule has 2 atom stereocenters. The maximum atomic E-state index is 13.5. The van der Waals surface area contributed by atoms with E-state index in [1.165, 1.54) is 43.3 Å². The highest BCUT2D eigenvalue weighted by atomic mass is 16.5. The van der Waals surface area contributed by atoms with Gasteiger partial charge in [-0.05, 0) is 37.8 Å². The Hall–Kier alpha value is -3.56. The Morgan fingerprint density at radius 2 is 1.65 bits per heavy atom. The van der Waals surface area contributed by atoms with Crippen LogP contribution in [0.4, 0.5) is 0 Å². The minimum atomic E-state index is -0.778. The lowest BCUT2D eigenvalue weighted by Gasteiger charge is -2.51. The van der Waals surface area contributed by atoms with E-state index >= 15 is 0 Å². The average Bonchev–Trinajstić information content (AvgIpc) is 2.86. The molecule has 2 unspecified atom stereocenters. The van der Waals surface area contributed by atoms with Gasteiger partial charge in [-0.25, -0.2) is 0 Å². The van der Waals surface area contributed by atoms with Crippen molar-refractivity contribution in [1.29, 1.82) is 0 Å². The molecule has 3 heterocycles.